The molecule has 0 spiro atoms. The fraction of sp³-hybridized carbons (Fsp3) is 0.436. The Morgan fingerprint density at radius 3 is 1.77 bits per heavy atom. The molecule has 52 heavy (non-hydrogen) atoms. The molecule has 3 aromatic carbocycles. The minimum Gasteiger partial charge on any atom is -0.454 e. The Morgan fingerprint density at radius 2 is 1.23 bits per heavy atom. The van der Waals surface area contributed by atoms with Crippen LogP contribution in [0.5, 0.6) is 0 Å². The van der Waals surface area contributed by atoms with Crippen molar-refractivity contribution in [1.82, 2.24) is 0 Å². The van der Waals surface area contributed by atoms with Crippen LogP contribution in [-0.4, -0.2) is 100 Å². The first-order valence-electron chi connectivity index (χ1n) is 17.2. The molecule has 4 saturated heterocycles. The van der Waals surface area contributed by atoms with Crippen molar-refractivity contribution in [3.05, 3.63) is 120 Å². The molecule has 4 fully saturated rings. The summed E-state index contributed by atoms with van der Waals surface area (Å²) < 4.78 is 68.7. The van der Waals surface area contributed by atoms with E-state index in [0.29, 0.717) is 5.56 Å². The van der Waals surface area contributed by atoms with E-state index in [0.717, 1.165) is 11.1 Å². The van der Waals surface area contributed by atoms with E-state index >= 15 is 0 Å². The number of ether oxygens (including phenoxy) is 11. The zero-order chi connectivity index (χ0) is 36.0. The number of benzene rings is 3. The van der Waals surface area contributed by atoms with Gasteiger partial charge in [-0.1, -0.05) is 84.9 Å². The molecule has 4 aliphatic heterocycles. The average molecular weight is 719 g/mol. The van der Waals surface area contributed by atoms with Gasteiger partial charge in [0.25, 0.3) is 0 Å². The molecule has 0 radical (unpaired) electrons. The summed E-state index contributed by atoms with van der Waals surface area (Å²) >= 11 is 0. The van der Waals surface area contributed by atoms with Gasteiger partial charge in [-0.2, -0.15) is 0 Å². The summed E-state index contributed by atoms with van der Waals surface area (Å²) in [5, 5.41) is 0. The molecule has 0 amide bonds. The second-order valence-electron chi connectivity index (χ2n) is 12.7. The molecule has 13 heteroatoms. The van der Waals surface area contributed by atoms with Gasteiger partial charge in [-0.25, -0.2) is 4.79 Å². The maximum absolute atomic E-state index is 13.7. The summed E-state index contributed by atoms with van der Waals surface area (Å²) in [5.41, 5.74) is 1.89. The first-order chi connectivity index (χ1) is 25.4. The molecule has 4 heterocycles. The molecule has 0 saturated carbocycles. The largest absolute Gasteiger partial charge is 0.454 e. The third-order valence-corrected chi connectivity index (χ3v) is 9.20. The fourth-order valence-corrected chi connectivity index (χ4v) is 6.84. The highest BCUT2D eigenvalue weighted by atomic mass is 16.8. The van der Waals surface area contributed by atoms with Crippen LogP contribution in [-0.2, 0) is 56.9 Å². The quantitative estimate of drug-likeness (QED) is 0.205. The van der Waals surface area contributed by atoms with E-state index in [-0.39, 0.29) is 19.8 Å². The number of carbonyl (C=O) groups is 2. The lowest BCUT2D eigenvalue weighted by Crippen LogP contribution is -2.68. The molecule has 0 aromatic heterocycles. The predicted molar refractivity (Wildman–Crippen MR) is 180 cm³/mol. The van der Waals surface area contributed by atoms with Crippen molar-refractivity contribution < 1.29 is 61.7 Å². The van der Waals surface area contributed by atoms with Crippen LogP contribution in [0.3, 0.4) is 0 Å². The molecule has 12 atom stereocenters. The van der Waals surface area contributed by atoms with Crippen molar-refractivity contribution in [3.8, 4) is 0 Å². The second kappa shape index (κ2) is 16.8. The summed E-state index contributed by atoms with van der Waals surface area (Å²) in [5.74, 6) is -1.22. The summed E-state index contributed by atoms with van der Waals surface area (Å²) in [6.45, 7) is 5.41. The van der Waals surface area contributed by atoms with Crippen LogP contribution < -0.4 is 0 Å². The summed E-state index contributed by atoms with van der Waals surface area (Å²) in [6, 6.07) is 27.4. The SMILES string of the molecule is C=CCO[C@H]1[C@H]2OC(c3ccccc3)OC[C@H]2O[C@H](O[C@H]2[C@@H](OC)O[C@@H]3COC(c4ccccc4)O[C@H]3[C@@H]2OC(=O)c2ccccc2)[C@@H]1OC(C)=O. The number of carbonyl (C=O) groups excluding carboxylic acids is 2. The molecule has 0 aliphatic carbocycles. The Bertz CT molecular complexity index is 1620. The van der Waals surface area contributed by atoms with Crippen molar-refractivity contribution in [2.45, 2.75) is 80.9 Å². The summed E-state index contributed by atoms with van der Waals surface area (Å²) in [7, 11) is 1.44. The molecule has 7 rings (SSSR count). The summed E-state index contributed by atoms with van der Waals surface area (Å²) in [4.78, 5) is 26.3. The maximum atomic E-state index is 13.7. The lowest BCUT2D eigenvalue weighted by Gasteiger charge is -2.51. The molecule has 4 aliphatic rings. The minimum atomic E-state index is -1.29. The monoisotopic (exact) mass is 718 g/mol. The first-order valence-corrected chi connectivity index (χ1v) is 17.2. The van der Waals surface area contributed by atoms with Gasteiger partial charge in [0.15, 0.2) is 43.5 Å². The van der Waals surface area contributed by atoms with E-state index in [1.54, 1.807) is 36.4 Å². The van der Waals surface area contributed by atoms with E-state index in [9.17, 15) is 9.59 Å². The third-order valence-electron chi connectivity index (χ3n) is 9.20. The lowest BCUT2D eigenvalue weighted by molar-refractivity contribution is -0.404. The van der Waals surface area contributed by atoms with E-state index in [1.807, 2.05) is 60.7 Å². The van der Waals surface area contributed by atoms with Gasteiger partial charge in [0.05, 0.1) is 25.4 Å². The third kappa shape index (κ3) is 7.98. The Balaban J connectivity index is 1.21. The Kier molecular flexibility index (Phi) is 11.7. The van der Waals surface area contributed by atoms with Gasteiger partial charge in [-0.3, -0.25) is 4.79 Å². The molecule has 0 bridgehead atoms. The molecule has 0 N–H and O–H groups in total. The summed E-state index contributed by atoms with van der Waals surface area (Å²) in [6.07, 6.45) is -9.61. The van der Waals surface area contributed by atoms with Gasteiger partial charge in [-0.15, -0.1) is 6.58 Å². The van der Waals surface area contributed by atoms with Crippen molar-refractivity contribution in [1.29, 1.82) is 0 Å². The Labute approximate surface area is 301 Å². The van der Waals surface area contributed by atoms with Gasteiger partial charge >= 0.3 is 11.9 Å². The van der Waals surface area contributed by atoms with Gasteiger partial charge in [0.1, 0.15) is 30.5 Å². The van der Waals surface area contributed by atoms with Crippen molar-refractivity contribution in [2.75, 3.05) is 26.9 Å². The normalized spacial score (nSPS) is 34.3. The highest BCUT2D eigenvalue weighted by Gasteiger charge is 2.58. The van der Waals surface area contributed by atoms with E-state index in [4.69, 9.17) is 52.1 Å². The van der Waals surface area contributed by atoms with Gasteiger partial charge in [0.2, 0.25) is 0 Å². The minimum absolute atomic E-state index is 0.107. The number of hydrogen-bond acceptors (Lipinski definition) is 13. The van der Waals surface area contributed by atoms with Gasteiger partial charge in [0, 0.05) is 25.2 Å². The second-order valence-corrected chi connectivity index (χ2v) is 12.7. The first kappa shape index (κ1) is 36.3. The van der Waals surface area contributed by atoms with Crippen molar-refractivity contribution in [3.63, 3.8) is 0 Å². The van der Waals surface area contributed by atoms with E-state index in [2.05, 4.69) is 6.58 Å². The van der Waals surface area contributed by atoms with Crippen LogP contribution in [0, 0.1) is 0 Å². The van der Waals surface area contributed by atoms with Gasteiger partial charge < -0.3 is 52.1 Å². The standard InChI is InChI=1S/C39H42O13/c1-4-20-43-31-29-27(21-44-36(50-29)25-16-10-6-11-17-25)48-39(33(31)46-23(2)40)52-34-32(49-35(41)24-14-8-5-9-15-24)30-28(47-38(34)42-3)22-45-37(51-30)26-18-12-7-13-19-26/h4-19,27-34,36-39H,1,20-22H2,2-3H3/t27-,28-,29+,30-,31+,32+,33-,34-,36?,37?,38+,39-/m1/s1. The van der Waals surface area contributed by atoms with Crippen molar-refractivity contribution in [2.24, 2.45) is 0 Å². The maximum Gasteiger partial charge on any atom is 0.338 e. The van der Waals surface area contributed by atoms with E-state index < -0.39 is 85.9 Å². The molecular weight excluding hydrogens is 676 g/mol. The van der Waals surface area contributed by atoms with Crippen LogP contribution in [0.2, 0.25) is 0 Å². The zero-order valence-electron chi connectivity index (χ0n) is 28.8. The van der Waals surface area contributed by atoms with Crippen molar-refractivity contribution >= 4 is 11.9 Å². The topological polar surface area (TPSA) is 136 Å². The predicted octanol–water partition coefficient (Wildman–Crippen LogP) is 4.42. The number of hydrogen-bond donors (Lipinski definition) is 0. The molecule has 3 aromatic rings. The number of methoxy groups -OCH3 is 1. The lowest BCUT2D eigenvalue weighted by atomic mass is 9.95. The Morgan fingerprint density at radius 1 is 0.692 bits per heavy atom. The smallest absolute Gasteiger partial charge is 0.338 e. The van der Waals surface area contributed by atoms with E-state index in [1.165, 1.54) is 14.0 Å². The Hall–Kier alpha value is -4.02. The van der Waals surface area contributed by atoms with Gasteiger partial charge in [-0.05, 0) is 12.1 Å². The fourth-order valence-electron chi connectivity index (χ4n) is 6.84. The van der Waals surface area contributed by atoms with Crippen LogP contribution in [0.1, 0.15) is 41.0 Å². The highest BCUT2D eigenvalue weighted by Crippen LogP contribution is 2.41. The average Bonchev–Trinajstić information content (AvgIpc) is 3.18. The molecular formula is C39H42O13. The molecule has 276 valence electrons. The number of rotatable bonds is 11. The zero-order valence-corrected chi connectivity index (χ0v) is 28.8. The number of fused-ring (bicyclic) bond motifs is 2. The van der Waals surface area contributed by atoms with Crippen LogP contribution in [0.25, 0.3) is 0 Å². The highest BCUT2D eigenvalue weighted by molar-refractivity contribution is 5.89. The van der Waals surface area contributed by atoms with Crippen LogP contribution >= 0.6 is 0 Å². The van der Waals surface area contributed by atoms with Crippen LogP contribution in [0.4, 0.5) is 0 Å². The molecule has 2 unspecified atom stereocenters. The molecule has 13 nitrogen and oxygen atoms in total. The van der Waals surface area contributed by atoms with Crippen LogP contribution in [0.15, 0.2) is 104 Å². The number of esters is 2.